The van der Waals surface area contributed by atoms with E-state index in [0.717, 1.165) is 5.56 Å². The van der Waals surface area contributed by atoms with Gasteiger partial charge in [0.15, 0.2) is 0 Å². The van der Waals surface area contributed by atoms with Crippen molar-refractivity contribution in [3.63, 3.8) is 0 Å². The van der Waals surface area contributed by atoms with Crippen LogP contribution in [0.3, 0.4) is 0 Å². The molecule has 106 valence electrons. The van der Waals surface area contributed by atoms with Gasteiger partial charge >= 0.3 is 0 Å². The highest BCUT2D eigenvalue weighted by atomic mass is 16.1. The average molecular weight is 262 g/mol. The van der Waals surface area contributed by atoms with Crippen LogP contribution in [0.25, 0.3) is 0 Å². The minimum atomic E-state index is -0.0664. The normalized spacial score (nSPS) is 12.8. The molecule has 0 aliphatic rings. The number of carbonyl (C=O) groups is 1. The lowest BCUT2D eigenvalue weighted by Gasteiger charge is -2.15. The molecule has 1 aromatic rings. The van der Waals surface area contributed by atoms with Crippen molar-refractivity contribution >= 4 is 5.91 Å². The van der Waals surface area contributed by atoms with Crippen molar-refractivity contribution in [3.8, 4) is 0 Å². The van der Waals surface area contributed by atoms with E-state index < -0.39 is 0 Å². The molecular weight excluding hydrogens is 236 g/mol. The third-order valence-corrected chi connectivity index (χ3v) is 3.41. The molecule has 0 aliphatic carbocycles. The van der Waals surface area contributed by atoms with E-state index in [1.165, 1.54) is 5.56 Å². The molecule has 0 fully saturated rings. The summed E-state index contributed by atoms with van der Waals surface area (Å²) in [5.74, 6) is 0.887. The summed E-state index contributed by atoms with van der Waals surface area (Å²) < 4.78 is 0. The first-order chi connectivity index (χ1) is 8.90. The van der Waals surface area contributed by atoms with Gasteiger partial charge in [-0.3, -0.25) is 4.79 Å². The molecule has 19 heavy (non-hydrogen) atoms. The van der Waals surface area contributed by atoms with Gasteiger partial charge in [-0.15, -0.1) is 0 Å². The number of amides is 1. The summed E-state index contributed by atoms with van der Waals surface area (Å²) in [6.07, 6.45) is 0.391. The Morgan fingerprint density at radius 2 is 1.74 bits per heavy atom. The molecule has 1 atom stereocenters. The van der Waals surface area contributed by atoms with Gasteiger partial charge in [0.1, 0.15) is 0 Å². The van der Waals surface area contributed by atoms with Crippen LogP contribution in [-0.2, 0) is 11.3 Å². The maximum atomic E-state index is 11.7. The molecule has 1 aromatic carbocycles. The molecule has 0 aromatic heterocycles. The zero-order valence-electron chi connectivity index (χ0n) is 12.4. The Kier molecular flexibility index (Phi) is 6.03. The monoisotopic (exact) mass is 262 g/mol. The predicted molar refractivity (Wildman–Crippen MR) is 79.8 cm³/mol. The molecule has 0 saturated heterocycles. The van der Waals surface area contributed by atoms with Crippen molar-refractivity contribution in [2.24, 2.45) is 11.7 Å². The largest absolute Gasteiger partial charge is 0.352 e. The number of hydrogen-bond acceptors (Lipinski definition) is 2. The van der Waals surface area contributed by atoms with Gasteiger partial charge in [0.25, 0.3) is 0 Å². The second-order valence-electron chi connectivity index (χ2n) is 5.79. The lowest BCUT2D eigenvalue weighted by molar-refractivity contribution is -0.121. The van der Waals surface area contributed by atoms with Gasteiger partial charge in [-0.25, -0.2) is 0 Å². The number of nitrogens with two attached hydrogens (primary N) is 1. The molecule has 0 bridgehead atoms. The van der Waals surface area contributed by atoms with E-state index >= 15 is 0 Å². The van der Waals surface area contributed by atoms with Gasteiger partial charge in [-0.05, 0) is 23.0 Å². The fourth-order valence-corrected chi connectivity index (χ4v) is 1.74. The molecule has 0 radical (unpaired) electrons. The average Bonchev–Trinajstić information content (AvgIpc) is 2.36. The molecule has 3 nitrogen and oxygen atoms in total. The first kappa shape index (κ1) is 15.7. The van der Waals surface area contributed by atoms with E-state index in [9.17, 15) is 4.79 Å². The SMILES string of the molecule is CC(C)c1ccc(CNC(=O)CC(N)C(C)C)cc1. The molecule has 0 heterocycles. The molecule has 3 heteroatoms. The van der Waals surface area contributed by atoms with Crippen LogP contribution >= 0.6 is 0 Å². The topological polar surface area (TPSA) is 55.1 Å². The number of hydrogen-bond donors (Lipinski definition) is 2. The van der Waals surface area contributed by atoms with Gasteiger partial charge in [0.2, 0.25) is 5.91 Å². The summed E-state index contributed by atoms with van der Waals surface area (Å²) in [5.41, 5.74) is 8.32. The number of carbonyl (C=O) groups excluding carboxylic acids is 1. The minimum Gasteiger partial charge on any atom is -0.352 e. The van der Waals surface area contributed by atoms with E-state index in [0.29, 0.717) is 24.8 Å². The van der Waals surface area contributed by atoms with E-state index in [-0.39, 0.29) is 11.9 Å². The third kappa shape index (κ3) is 5.43. The number of nitrogens with one attached hydrogen (secondary N) is 1. The number of rotatable bonds is 6. The van der Waals surface area contributed by atoms with Crippen molar-refractivity contribution in [3.05, 3.63) is 35.4 Å². The summed E-state index contributed by atoms with van der Waals surface area (Å²) in [5, 5.41) is 2.91. The highest BCUT2D eigenvalue weighted by Gasteiger charge is 2.12. The van der Waals surface area contributed by atoms with Crippen molar-refractivity contribution in [2.45, 2.75) is 52.6 Å². The zero-order valence-corrected chi connectivity index (χ0v) is 12.4. The first-order valence-corrected chi connectivity index (χ1v) is 7.01. The lowest BCUT2D eigenvalue weighted by Crippen LogP contribution is -2.34. The molecule has 1 unspecified atom stereocenters. The quantitative estimate of drug-likeness (QED) is 0.828. The highest BCUT2D eigenvalue weighted by Crippen LogP contribution is 2.14. The van der Waals surface area contributed by atoms with Crippen LogP contribution in [0.5, 0.6) is 0 Å². The van der Waals surface area contributed by atoms with Crippen molar-refractivity contribution < 1.29 is 4.79 Å². The van der Waals surface area contributed by atoms with Gasteiger partial charge in [0.05, 0.1) is 0 Å². The van der Waals surface area contributed by atoms with Crippen LogP contribution in [0.4, 0.5) is 0 Å². The van der Waals surface area contributed by atoms with Crippen molar-refractivity contribution in [1.82, 2.24) is 5.32 Å². The second-order valence-corrected chi connectivity index (χ2v) is 5.79. The highest BCUT2D eigenvalue weighted by molar-refractivity contribution is 5.76. The van der Waals surface area contributed by atoms with Gasteiger partial charge < -0.3 is 11.1 Å². The molecule has 0 saturated carbocycles. The van der Waals surface area contributed by atoms with Crippen LogP contribution in [0, 0.1) is 5.92 Å². The molecule has 1 amide bonds. The molecule has 1 rings (SSSR count). The molecule has 3 N–H and O–H groups in total. The Hall–Kier alpha value is -1.35. The second kappa shape index (κ2) is 7.29. The standard InChI is InChI=1S/C16H26N2O/c1-11(2)14-7-5-13(6-8-14)10-18-16(19)9-15(17)12(3)4/h5-8,11-12,15H,9-10,17H2,1-4H3,(H,18,19). The third-order valence-electron chi connectivity index (χ3n) is 3.41. The Bertz CT molecular complexity index is 396. The van der Waals surface area contributed by atoms with Gasteiger partial charge in [-0.2, -0.15) is 0 Å². The fraction of sp³-hybridized carbons (Fsp3) is 0.562. The Labute approximate surface area is 116 Å². The minimum absolute atomic E-state index is 0.0223. The zero-order chi connectivity index (χ0) is 14.4. The molecular formula is C16H26N2O. The summed E-state index contributed by atoms with van der Waals surface area (Å²) >= 11 is 0. The predicted octanol–water partition coefficient (Wildman–Crippen LogP) is 2.80. The van der Waals surface area contributed by atoms with Crippen LogP contribution in [0.1, 0.15) is 51.2 Å². The van der Waals surface area contributed by atoms with Crippen molar-refractivity contribution in [2.75, 3.05) is 0 Å². The Morgan fingerprint density at radius 1 is 1.16 bits per heavy atom. The van der Waals surface area contributed by atoms with Crippen LogP contribution in [0.15, 0.2) is 24.3 Å². The summed E-state index contributed by atoms with van der Waals surface area (Å²) in [4.78, 5) is 11.7. The van der Waals surface area contributed by atoms with Crippen LogP contribution in [-0.4, -0.2) is 11.9 Å². The van der Waals surface area contributed by atoms with Crippen molar-refractivity contribution in [1.29, 1.82) is 0 Å². The maximum absolute atomic E-state index is 11.7. The van der Waals surface area contributed by atoms with E-state index in [1.807, 2.05) is 13.8 Å². The summed E-state index contributed by atoms with van der Waals surface area (Å²) in [7, 11) is 0. The van der Waals surface area contributed by atoms with E-state index in [1.54, 1.807) is 0 Å². The van der Waals surface area contributed by atoms with E-state index in [4.69, 9.17) is 5.73 Å². The fourth-order valence-electron chi connectivity index (χ4n) is 1.74. The lowest BCUT2D eigenvalue weighted by atomic mass is 10.0. The number of benzene rings is 1. The molecule has 0 aliphatic heterocycles. The smallest absolute Gasteiger partial charge is 0.221 e. The Morgan fingerprint density at radius 3 is 2.21 bits per heavy atom. The van der Waals surface area contributed by atoms with Gasteiger partial charge in [-0.1, -0.05) is 52.0 Å². The Balaban J connectivity index is 2.42. The summed E-state index contributed by atoms with van der Waals surface area (Å²) in [6.45, 7) is 8.97. The summed E-state index contributed by atoms with van der Waals surface area (Å²) in [6, 6.07) is 8.30. The maximum Gasteiger partial charge on any atom is 0.221 e. The molecule has 0 spiro atoms. The van der Waals surface area contributed by atoms with Crippen LogP contribution < -0.4 is 11.1 Å². The van der Waals surface area contributed by atoms with Gasteiger partial charge in [0, 0.05) is 19.0 Å². The van der Waals surface area contributed by atoms with Crippen LogP contribution in [0.2, 0.25) is 0 Å². The van der Waals surface area contributed by atoms with E-state index in [2.05, 4.69) is 43.4 Å². The first-order valence-electron chi connectivity index (χ1n) is 7.01.